The zero-order valence-corrected chi connectivity index (χ0v) is 16.4. The topological polar surface area (TPSA) is 27.6 Å². The Morgan fingerprint density at radius 1 is 1.33 bits per heavy atom. The molecule has 0 aromatic heterocycles. The molecular formula is C16H30IN3S. The first-order chi connectivity index (χ1) is 9.85. The van der Waals surface area contributed by atoms with Crippen LogP contribution >= 0.6 is 35.7 Å². The molecule has 2 aliphatic rings. The average Bonchev–Trinajstić information content (AvgIpc) is 2.89. The monoisotopic (exact) mass is 423 g/mol. The number of thioether (sulfide) groups is 1. The summed E-state index contributed by atoms with van der Waals surface area (Å²) in [5.41, 5.74) is 0. The molecule has 0 aromatic carbocycles. The minimum Gasteiger partial charge on any atom is -0.357 e. The van der Waals surface area contributed by atoms with Gasteiger partial charge in [0.05, 0.1) is 6.54 Å². The van der Waals surface area contributed by atoms with Crippen LogP contribution in [0.2, 0.25) is 0 Å². The van der Waals surface area contributed by atoms with Crippen LogP contribution in [0.4, 0.5) is 0 Å². The van der Waals surface area contributed by atoms with Crippen LogP contribution in [0.1, 0.15) is 32.6 Å². The predicted molar refractivity (Wildman–Crippen MR) is 106 cm³/mol. The Kier molecular flexibility index (Phi) is 9.80. The predicted octanol–water partition coefficient (Wildman–Crippen LogP) is 3.61. The van der Waals surface area contributed by atoms with Gasteiger partial charge in [-0.25, -0.2) is 0 Å². The molecule has 21 heavy (non-hydrogen) atoms. The maximum absolute atomic E-state index is 4.80. The zero-order chi connectivity index (χ0) is 14.2. The van der Waals surface area contributed by atoms with Gasteiger partial charge in [-0.2, -0.15) is 11.8 Å². The molecule has 2 atom stereocenters. The van der Waals surface area contributed by atoms with E-state index in [9.17, 15) is 0 Å². The highest BCUT2D eigenvalue weighted by Gasteiger charge is 2.35. The van der Waals surface area contributed by atoms with Gasteiger partial charge in [-0.3, -0.25) is 4.99 Å². The van der Waals surface area contributed by atoms with E-state index in [1.165, 1.54) is 38.8 Å². The van der Waals surface area contributed by atoms with Crippen molar-refractivity contribution in [3.05, 3.63) is 12.7 Å². The van der Waals surface area contributed by atoms with Gasteiger partial charge in [0.2, 0.25) is 0 Å². The quantitative estimate of drug-likeness (QED) is 0.233. The van der Waals surface area contributed by atoms with Crippen molar-refractivity contribution in [3.63, 3.8) is 0 Å². The number of hydrogen-bond acceptors (Lipinski definition) is 2. The molecule has 0 bridgehead atoms. The Bertz CT molecular complexity index is 321. The van der Waals surface area contributed by atoms with Crippen LogP contribution in [-0.2, 0) is 0 Å². The molecule has 1 aliphatic heterocycles. The molecule has 0 radical (unpaired) electrons. The Morgan fingerprint density at radius 2 is 2.00 bits per heavy atom. The molecule has 2 unspecified atom stereocenters. The SMILES string of the molecule is C=CCSCCN=C(NCC)N1CC2CCCCC2C1.I. The molecule has 1 saturated heterocycles. The van der Waals surface area contributed by atoms with Crippen LogP contribution < -0.4 is 5.32 Å². The summed E-state index contributed by atoms with van der Waals surface area (Å²) in [6.07, 6.45) is 7.68. The van der Waals surface area contributed by atoms with E-state index in [0.29, 0.717) is 0 Å². The fourth-order valence-corrected chi connectivity index (χ4v) is 3.94. The number of nitrogens with one attached hydrogen (secondary N) is 1. The summed E-state index contributed by atoms with van der Waals surface area (Å²) in [6.45, 7) is 10.2. The molecule has 5 heteroatoms. The Morgan fingerprint density at radius 3 is 2.57 bits per heavy atom. The summed E-state index contributed by atoms with van der Waals surface area (Å²) in [5.74, 6) is 5.09. The third-order valence-corrected chi connectivity index (χ3v) is 5.29. The van der Waals surface area contributed by atoms with Crippen LogP contribution in [-0.4, -0.2) is 48.5 Å². The molecule has 2 rings (SSSR count). The number of hydrogen-bond donors (Lipinski definition) is 1. The van der Waals surface area contributed by atoms with Crippen molar-refractivity contribution >= 4 is 41.7 Å². The van der Waals surface area contributed by atoms with E-state index in [2.05, 4.69) is 23.7 Å². The van der Waals surface area contributed by atoms with Crippen LogP contribution in [0, 0.1) is 11.8 Å². The summed E-state index contributed by atoms with van der Waals surface area (Å²) in [4.78, 5) is 7.30. The summed E-state index contributed by atoms with van der Waals surface area (Å²) >= 11 is 1.90. The second-order valence-corrected chi connectivity index (χ2v) is 6.96. The van der Waals surface area contributed by atoms with Crippen LogP contribution in [0.15, 0.2) is 17.6 Å². The Labute approximate surface area is 151 Å². The molecule has 1 aliphatic carbocycles. The molecule has 122 valence electrons. The van der Waals surface area contributed by atoms with Gasteiger partial charge in [0.25, 0.3) is 0 Å². The van der Waals surface area contributed by atoms with Gasteiger partial charge in [0, 0.05) is 31.1 Å². The van der Waals surface area contributed by atoms with Gasteiger partial charge in [0.1, 0.15) is 0 Å². The summed E-state index contributed by atoms with van der Waals surface area (Å²) in [5, 5.41) is 3.47. The van der Waals surface area contributed by atoms with E-state index in [1.54, 1.807) is 0 Å². The van der Waals surface area contributed by atoms with E-state index in [1.807, 2.05) is 17.8 Å². The lowest BCUT2D eigenvalue weighted by Gasteiger charge is -2.22. The van der Waals surface area contributed by atoms with Gasteiger partial charge in [0.15, 0.2) is 5.96 Å². The Balaban J connectivity index is 0.00000220. The van der Waals surface area contributed by atoms with Crippen molar-refractivity contribution in [3.8, 4) is 0 Å². The summed E-state index contributed by atoms with van der Waals surface area (Å²) in [7, 11) is 0. The molecular weight excluding hydrogens is 393 g/mol. The number of halogens is 1. The molecule has 0 spiro atoms. The standard InChI is InChI=1S/C16H29N3S.HI/c1-3-10-20-11-9-18-16(17-4-2)19-12-14-7-5-6-8-15(14)13-19;/h3,14-15H,1,4-13H2,2H3,(H,17,18);1H. The number of aliphatic imine (C=N–C) groups is 1. The number of fused-ring (bicyclic) bond motifs is 1. The first-order valence-electron chi connectivity index (χ1n) is 8.07. The minimum absolute atomic E-state index is 0. The normalized spacial score (nSPS) is 25.2. The fourth-order valence-electron chi connectivity index (χ4n) is 3.39. The van der Waals surface area contributed by atoms with Crippen molar-refractivity contribution in [2.75, 3.05) is 37.7 Å². The van der Waals surface area contributed by atoms with Crippen molar-refractivity contribution in [2.45, 2.75) is 32.6 Å². The second-order valence-electron chi connectivity index (χ2n) is 5.81. The molecule has 2 fully saturated rings. The summed E-state index contributed by atoms with van der Waals surface area (Å²) in [6, 6.07) is 0. The average molecular weight is 423 g/mol. The molecule has 1 saturated carbocycles. The van der Waals surface area contributed by atoms with Gasteiger partial charge in [-0.1, -0.05) is 18.9 Å². The smallest absolute Gasteiger partial charge is 0.193 e. The highest BCUT2D eigenvalue weighted by atomic mass is 127. The third-order valence-electron chi connectivity index (χ3n) is 4.34. The number of likely N-dealkylation sites (tertiary alicyclic amines) is 1. The minimum atomic E-state index is 0. The van der Waals surface area contributed by atoms with E-state index in [-0.39, 0.29) is 24.0 Å². The largest absolute Gasteiger partial charge is 0.357 e. The van der Waals surface area contributed by atoms with Crippen molar-refractivity contribution in [1.29, 1.82) is 0 Å². The molecule has 0 amide bonds. The van der Waals surface area contributed by atoms with E-state index >= 15 is 0 Å². The molecule has 0 aromatic rings. The molecule has 3 nitrogen and oxygen atoms in total. The van der Waals surface area contributed by atoms with E-state index in [0.717, 1.165) is 42.4 Å². The zero-order valence-electron chi connectivity index (χ0n) is 13.2. The van der Waals surface area contributed by atoms with Crippen LogP contribution in [0.25, 0.3) is 0 Å². The highest BCUT2D eigenvalue weighted by Crippen LogP contribution is 2.35. The van der Waals surface area contributed by atoms with Gasteiger partial charge < -0.3 is 10.2 Å². The van der Waals surface area contributed by atoms with Crippen molar-refractivity contribution in [1.82, 2.24) is 10.2 Å². The lowest BCUT2D eigenvalue weighted by atomic mass is 9.82. The second kappa shape index (κ2) is 10.8. The Hall–Kier alpha value is 0.0900. The summed E-state index contributed by atoms with van der Waals surface area (Å²) < 4.78 is 0. The highest BCUT2D eigenvalue weighted by molar-refractivity contribution is 14.0. The first-order valence-corrected chi connectivity index (χ1v) is 9.22. The number of rotatable bonds is 6. The number of nitrogens with zero attached hydrogens (tertiary/aromatic N) is 2. The van der Waals surface area contributed by atoms with Gasteiger partial charge in [-0.15, -0.1) is 30.6 Å². The van der Waals surface area contributed by atoms with Crippen molar-refractivity contribution < 1.29 is 0 Å². The third kappa shape index (κ3) is 6.00. The van der Waals surface area contributed by atoms with Crippen molar-refractivity contribution in [2.24, 2.45) is 16.8 Å². The van der Waals surface area contributed by atoms with E-state index < -0.39 is 0 Å². The van der Waals surface area contributed by atoms with Gasteiger partial charge in [-0.05, 0) is 31.6 Å². The lowest BCUT2D eigenvalue weighted by molar-refractivity contribution is 0.299. The first kappa shape index (κ1) is 19.1. The van der Waals surface area contributed by atoms with E-state index in [4.69, 9.17) is 4.99 Å². The maximum Gasteiger partial charge on any atom is 0.193 e. The van der Waals surface area contributed by atoms with Gasteiger partial charge >= 0.3 is 0 Å². The fraction of sp³-hybridized carbons (Fsp3) is 0.812. The lowest BCUT2D eigenvalue weighted by Crippen LogP contribution is -2.40. The van der Waals surface area contributed by atoms with Crippen LogP contribution in [0.3, 0.4) is 0 Å². The number of guanidine groups is 1. The maximum atomic E-state index is 4.80. The van der Waals surface area contributed by atoms with Crippen LogP contribution in [0.5, 0.6) is 0 Å². The molecule has 1 heterocycles. The molecule has 1 N–H and O–H groups in total.